The minimum absolute atomic E-state index is 0.588. The average Bonchev–Trinajstić information content (AvgIpc) is 2.94. The van der Waals surface area contributed by atoms with Gasteiger partial charge >= 0.3 is 0 Å². The maximum atomic E-state index is 5.44. The number of guanidine groups is 1. The second-order valence-corrected chi connectivity index (χ2v) is 7.30. The fourth-order valence-corrected chi connectivity index (χ4v) is 4.00. The van der Waals surface area contributed by atoms with Crippen LogP contribution < -0.4 is 10.1 Å². The van der Waals surface area contributed by atoms with Crippen LogP contribution in [0.1, 0.15) is 31.2 Å². The van der Waals surface area contributed by atoms with Crippen molar-refractivity contribution in [3.63, 3.8) is 0 Å². The number of likely N-dealkylation sites (tertiary alicyclic amines) is 1. The molecule has 22 heavy (non-hydrogen) atoms. The Bertz CT molecular complexity index is 569. The summed E-state index contributed by atoms with van der Waals surface area (Å²) >= 11 is 3.52. The van der Waals surface area contributed by atoms with E-state index >= 15 is 0 Å². The molecule has 1 aromatic carbocycles. The molecule has 0 atom stereocenters. The summed E-state index contributed by atoms with van der Waals surface area (Å²) in [6.07, 6.45) is 5.49. The Balaban J connectivity index is 1.63. The lowest BCUT2D eigenvalue weighted by atomic mass is 9.68. The fourth-order valence-electron chi connectivity index (χ4n) is 3.59. The number of benzene rings is 1. The van der Waals surface area contributed by atoms with Crippen molar-refractivity contribution in [2.45, 2.75) is 32.2 Å². The Labute approximate surface area is 141 Å². The number of rotatable bonds is 3. The standard InChI is InChI=1S/C17H24BrN3O/c1-19-16(21-9-8-17(12-21)6-3-7-17)20-11-13-10-14(18)4-5-15(13)22-2/h4-5,10H,3,6-9,11-12H2,1-2H3,(H,19,20). The van der Waals surface area contributed by atoms with E-state index in [0.29, 0.717) is 5.41 Å². The summed E-state index contributed by atoms with van der Waals surface area (Å²) in [7, 11) is 3.58. The van der Waals surface area contributed by atoms with Crippen LogP contribution >= 0.6 is 15.9 Å². The molecule has 1 heterocycles. The number of nitrogens with zero attached hydrogens (tertiary/aromatic N) is 2. The minimum atomic E-state index is 0.588. The Morgan fingerprint density at radius 2 is 2.23 bits per heavy atom. The zero-order valence-corrected chi connectivity index (χ0v) is 14.9. The molecule has 2 aliphatic rings. The third kappa shape index (κ3) is 3.09. The Hall–Kier alpha value is -1.23. The maximum absolute atomic E-state index is 5.44. The second-order valence-electron chi connectivity index (χ2n) is 6.38. The SMILES string of the molecule is CN=C(NCc1cc(Br)ccc1OC)N1CCC2(CCC2)C1. The van der Waals surface area contributed by atoms with Gasteiger partial charge in [-0.1, -0.05) is 22.4 Å². The largest absolute Gasteiger partial charge is 0.496 e. The van der Waals surface area contributed by atoms with E-state index in [9.17, 15) is 0 Å². The first-order chi connectivity index (χ1) is 10.7. The van der Waals surface area contributed by atoms with Crippen LogP contribution in [0.3, 0.4) is 0 Å². The molecule has 120 valence electrons. The molecular weight excluding hydrogens is 342 g/mol. The van der Waals surface area contributed by atoms with Gasteiger partial charge < -0.3 is 15.0 Å². The molecule has 1 saturated heterocycles. The molecule has 0 amide bonds. The Morgan fingerprint density at radius 3 is 2.82 bits per heavy atom. The molecule has 1 spiro atoms. The number of halogens is 1. The fraction of sp³-hybridized carbons (Fsp3) is 0.588. The molecule has 1 aromatic rings. The average molecular weight is 366 g/mol. The van der Waals surface area contributed by atoms with Crippen LogP contribution in [0.2, 0.25) is 0 Å². The molecule has 0 aromatic heterocycles. The van der Waals surface area contributed by atoms with Crippen LogP contribution in [0.5, 0.6) is 5.75 Å². The lowest BCUT2D eigenvalue weighted by Gasteiger charge is -2.38. The van der Waals surface area contributed by atoms with Crippen LogP contribution in [0.4, 0.5) is 0 Å². The van der Waals surface area contributed by atoms with Gasteiger partial charge in [0.05, 0.1) is 7.11 Å². The second kappa shape index (κ2) is 6.49. The van der Waals surface area contributed by atoms with Gasteiger partial charge in [0.1, 0.15) is 5.75 Å². The van der Waals surface area contributed by atoms with Crippen molar-refractivity contribution < 1.29 is 4.74 Å². The van der Waals surface area contributed by atoms with E-state index in [1.807, 2.05) is 19.2 Å². The third-order valence-corrected chi connectivity index (χ3v) is 5.54. The van der Waals surface area contributed by atoms with Crippen molar-refractivity contribution in [2.75, 3.05) is 27.2 Å². The highest BCUT2D eigenvalue weighted by atomic mass is 79.9. The summed E-state index contributed by atoms with van der Waals surface area (Å²) in [5.74, 6) is 1.91. The summed E-state index contributed by atoms with van der Waals surface area (Å²) < 4.78 is 6.50. The number of methoxy groups -OCH3 is 1. The first-order valence-corrected chi connectivity index (χ1v) is 8.73. The predicted octanol–water partition coefficient (Wildman–Crippen LogP) is 3.41. The first kappa shape index (κ1) is 15.7. The molecule has 3 rings (SSSR count). The molecule has 0 radical (unpaired) electrons. The van der Waals surface area contributed by atoms with Gasteiger partial charge in [-0.15, -0.1) is 0 Å². The van der Waals surface area contributed by atoms with Gasteiger partial charge in [-0.2, -0.15) is 0 Å². The molecule has 1 N–H and O–H groups in total. The lowest BCUT2D eigenvalue weighted by molar-refractivity contribution is 0.151. The summed E-state index contributed by atoms with van der Waals surface area (Å²) in [4.78, 5) is 6.87. The highest BCUT2D eigenvalue weighted by Crippen LogP contribution is 2.47. The van der Waals surface area contributed by atoms with Crippen molar-refractivity contribution in [1.82, 2.24) is 10.2 Å². The maximum Gasteiger partial charge on any atom is 0.193 e. The van der Waals surface area contributed by atoms with Gasteiger partial charge in [-0.3, -0.25) is 4.99 Å². The van der Waals surface area contributed by atoms with Crippen molar-refractivity contribution >= 4 is 21.9 Å². The van der Waals surface area contributed by atoms with Gasteiger partial charge in [0.15, 0.2) is 5.96 Å². The van der Waals surface area contributed by atoms with Crippen LogP contribution in [0.25, 0.3) is 0 Å². The van der Waals surface area contributed by atoms with Crippen LogP contribution in [0.15, 0.2) is 27.7 Å². The van der Waals surface area contributed by atoms with Gasteiger partial charge in [0.2, 0.25) is 0 Å². The number of ether oxygens (including phenoxy) is 1. The molecular formula is C17H24BrN3O. The van der Waals surface area contributed by atoms with Crippen molar-refractivity contribution in [1.29, 1.82) is 0 Å². The van der Waals surface area contributed by atoms with E-state index in [2.05, 4.69) is 37.2 Å². The molecule has 4 nitrogen and oxygen atoms in total. The number of hydrogen-bond acceptors (Lipinski definition) is 2. The van der Waals surface area contributed by atoms with E-state index in [1.54, 1.807) is 7.11 Å². The number of aliphatic imine (C=N–C) groups is 1. The topological polar surface area (TPSA) is 36.9 Å². The Kier molecular flexibility index (Phi) is 4.62. The Morgan fingerprint density at radius 1 is 1.41 bits per heavy atom. The van der Waals surface area contributed by atoms with Crippen LogP contribution in [-0.4, -0.2) is 38.1 Å². The van der Waals surface area contributed by atoms with Gasteiger partial charge in [-0.05, 0) is 42.9 Å². The summed E-state index contributed by atoms with van der Waals surface area (Å²) in [6, 6.07) is 6.08. The third-order valence-electron chi connectivity index (χ3n) is 5.04. The highest BCUT2D eigenvalue weighted by molar-refractivity contribution is 9.10. The smallest absolute Gasteiger partial charge is 0.193 e. The van der Waals surface area contributed by atoms with Gasteiger partial charge in [-0.25, -0.2) is 0 Å². The zero-order chi connectivity index (χ0) is 15.6. The molecule has 0 unspecified atom stereocenters. The van der Waals surface area contributed by atoms with Crippen molar-refractivity contribution in [3.8, 4) is 5.75 Å². The summed E-state index contributed by atoms with van der Waals surface area (Å²) in [5.41, 5.74) is 1.72. The van der Waals surface area contributed by atoms with Crippen molar-refractivity contribution in [2.24, 2.45) is 10.4 Å². The van der Waals surface area contributed by atoms with Gasteiger partial charge in [0, 0.05) is 36.7 Å². The number of hydrogen-bond donors (Lipinski definition) is 1. The summed E-state index contributed by atoms with van der Waals surface area (Å²) in [5, 5.41) is 3.49. The quantitative estimate of drug-likeness (QED) is 0.658. The molecule has 1 saturated carbocycles. The van der Waals surface area contributed by atoms with Crippen LogP contribution in [0, 0.1) is 5.41 Å². The van der Waals surface area contributed by atoms with Crippen molar-refractivity contribution in [3.05, 3.63) is 28.2 Å². The monoisotopic (exact) mass is 365 g/mol. The predicted molar refractivity (Wildman–Crippen MR) is 93.4 cm³/mol. The molecule has 1 aliphatic heterocycles. The molecule has 0 bridgehead atoms. The minimum Gasteiger partial charge on any atom is -0.496 e. The lowest BCUT2D eigenvalue weighted by Crippen LogP contribution is -2.42. The van der Waals surface area contributed by atoms with Gasteiger partial charge in [0.25, 0.3) is 0 Å². The van der Waals surface area contributed by atoms with E-state index in [-0.39, 0.29) is 0 Å². The zero-order valence-electron chi connectivity index (χ0n) is 13.4. The molecule has 5 heteroatoms. The first-order valence-electron chi connectivity index (χ1n) is 7.94. The van der Waals surface area contributed by atoms with E-state index in [1.165, 1.54) is 25.7 Å². The normalized spacial score (nSPS) is 20.1. The highest BCUT2D eigenvalue weighted by Gasteiger charge is 2.43. The molecule has 2 fully saturated rings. The van der Waals surface area contributed by atoms with E-state index in [4.69, 9.17) is 4.74 Å². The van der Waals surface area contributed by atoms with E-state index in [0.717, 1.165) is 41.4 Å². The summed E-state index contributed by atoms with van der Waals surface area (Å²) in [6.45, 7) is 3.00. The molecule has 1 aliphatic carbocycles. The van der Waals surface area contributed by atoms with Crippen LogP contribution in [-0.2, 0) is 6.54 Å². The number of nitrogens with one attached hydrogen (secondary N) is 1. The van der Waals surface area contributed by atoms with E-state index < -0.39 is 0 Å².